The van der Waals surface area contributed by atoms with Crippen LogP contribution in [0.25, 0.3) is 0 Å². The van der Waals surface area contributed by atoms with E-state index in [1.165, 1.54) is 0 Å². The molecule has 3 aliphatic carbocycles. The number of carbonyl (C=O) groups excluding carboxylic acids is 6. The van der Waals surface area contributed by atoms with E-state index in [4.69, 9.17) is 0 Å². The molecule has 12 nitrogen and oxygen atoms in total. The van der Waals surface area contributed by atoms with E-state index >= 15 is 0 Å². The molecule has 216 valence electrons. The smallest absolute Gasteiger partial charge is 0.550 e. The topological polar surface area (TPSA) is 241 Å². The first-order valence-corrected chi connectivity index (χ1v) is 12.1. The Morgan fingerprint density at radius 1 is 0.289 bits per heavy atom. The summed E-state index contributed by atoms with van der Waals surface area (Å²) in [5.74, 6) is -9.13. The van der Waals surface area contributed by atoms with Crippen molar-refractivity contribution in [2.24, 2.45) is 35.5 Å². The molecule has 3 aliphatic rings. The van der Waals surface area contributed by atoms with Crippen molar-refractivity contribution in [1.82, 2.24) is 0 Å². The summed E-state index contributed by atoms with van der Waals surface area (Å²) >= 11 is 0. The maximum atomic E-state index is 10.4. The summed E-state index contributed by atoms with van der Waals surface area (Å²) in [7, 11) is 0. The molecular weight excluding hydrogens is 686 g/mol. The second-order valence-corrected chi connectivity index (χ2v) is 9.56. The Morgan fingerprint density at radius 2 is 0.368 bits per heavy atom. The van der Waals surface area contributed by atoms with E-state index < -0.39 is 71.3 Å². The van der Waals surface area contributed by atoms with Gasteiger partial charge in [-0.15, -0.1) is 0 Å². The Hall–Kier alpha value is -1.93. The molecular formula is C24H30O12Rh2. The summed E-state index contributed by atoms with van der Waals surface area (Å²) in [5.41, 5.74) is 0. The molecule has 3 rings (SSSR count). The van der Waals surface area contributed by atoms with Crippen LogP contribution in [0.5, 0.6) is 0 Å². The van der Waals surface area contributed by atoms with Crippen LogP contribution in [-0.4, -0.2) is 35.8 Å². The molecule has 0 radical (unpaired) electrons. The molecule has 3 saturated carbocycles. The Bertz CT molecular complexity index is 624. The SMILES string of the molecule is O=C([O-])[C@H]1CC[C@H](C(=O)[O-])CC1.O=C([O-])[C@H]1CC[C@H](C(=O)[O-])CC1.O=C([O-])[C@H]1CC[C@H](C(=O)[O-])CC1.[Rh+3].[Rh+3]. The van der Waals surface area contributed by atoms with Gasteiger partial charge in [0.05, 0.1) is 0 Å². The van der Waals surface area contributed by atoms with Gasteiger partial charge in [0.1, 0.15) is 0 Å². The Morgan fingerprint density at radius 3 is 0.421 bits per heavy atom. The van der Waals surface area contributed by atoms with Crippen molar-refractivity contribution in [2.45, 2.75) is 77.0 Å². The first kappa shape index (κ1) is 38.2. The molecule has 0 aromatic heterocycles. The molecule has 0 aliphatic heterocycles. The zero-order chi connectivity index (χ0) is 27.4. The quantitative estimate of drug-likeness (QED) is 0.235. The summed E-state index contributed by atoms with van der Waals surface area (Å²) < 4.78 is 0. The van der Waals surface area contributed by atoms with Gasteiger partial charge in [-0.3, -0.25) is 0 Å². The van der Waals surface area contributed by atoms with Crippen LogP contribution < -0.4 is 30.6 Å². The molecule has 0 spiro atoms. The van der Waals surface area contributed by atoms with Crippen molar-refractivity contribution in [2.75, 3.05) is 0 Å². The number of aliphatic carboxylic acids is 6. The summed E-state index contributed by atoms with van der Waals surface area (Å²) in [6, 6.07) is 0. The Balaban J connectivity index is 0. The monoisotopic (exact) mass is 716 g/mol. The molecule has 14 heteroatoms. The molecule has 0 unspecified atom stereocenters. The van der Waals surface area contributed by atoms with Crippen LogP contribution in [0.2, 0.25) is 0 Å². The summed E-state index contributed by atoms with van der Waals surface area (Å²) in [5, 5.41) is 62.1. The van der Waals surface area contributed by atoms with E-state index in [1.54, 1.807) is 0 Å². The van der Waals surface area contributed by atoms with Crippen molar-refractivity contribution in [3.05, 3.63) is 0 Å². The average Bonchev–Trinajstić information content (AvgIpc) is 2.84. The number of carbonyl (C=O) groups is 6. The molecule has 3 fully saturated rings. The van der Waals surface area contributed by atoms with Gasteiger partial charge in [-0.25, -0.2) is 0 Å². The van der Waals surface area contributed by atoms with E-state index in [2.05, 4.69) is 0 Å². The van der Waals surface area contributed by atoms with Crippen LogP contribution in [0.4, 0.5) is 0 Å². The predicted octanol–water partition coefficient (Wildman–Crippen LogP) is -5.13. The fourth-order valence-corrected chi connectivity index (χ4v) is 4.69. The summed E-state index contributed by atoms with van der Waals surface area (Å²) in [4.78, 5) is 62.1. The molecule has 0 saturated heterocycles. The van der Waals surface area contributed by atoms with Crippen molar-refractivity contribution in [1.29, 1.82) is 0 Å². The van der Waals surface area contributed by atoms with Gasteiger partial charge in [0, 0.05) is 35.8 Å². The molecule has 0 N–H and O–H groups in total. The maximum Gasteiger partial charge on any atom is 3.00 e. The second kappa shape index (κ2) is 19.2. The molecule has 0 bridgehead atoms. The van der Waals surface area contributed by atoms with Gasteiger partial charge >= 0.3 is 39.0 Å². The third-order valence-corrected chi connectivity index (χ3v) is 7.18. The van der Waals surface area contributed by atoms with Crippen LogP contribution in [0, 0.1) is 35.5 Å². The minimum absolute atomic E-state index is 0. The van der Waals surface area contributed by atoms with E-state index in [-0.39, 0.29) is 39.0 Å². The third kappa shape index (κ3) is 13.7. The normalized spacial score (nSPS) is 28.1. The molecule has 0 heterocycles. The summed E-state index contributed by atoms with van der Waals surface area (Å²) in [6.45, 7) is 0. The number of hydrogen-bond donors (Lipinski definition) is 0. The molecule has 0 aromatic rings. The summed E-state index contributed by atoms with van der Waals surface area (Å²) in [6.07, 6.45) is 4.85. The van der Waals surface area contributed by atoms with Gasteiger partial charge in [0.25, 0.3) is 0 Å². The molecule has 0 amide bonds. The first-order chi connectivity index (χ1) is 16.8. The first-order valence-electron chi connectivity index (χ1n) is 12.1. The maximum absolute atomic E-state index is 10.4. The van der Waals surface area contributed by atoms with Gasteiger partial charge in [-0.2, -0.15) is 0 Å². The van der Waals surface area contributed by atoms with Crippen LogP contribution in [0.1, 0.15) is 77.0 Å². The fourth-order valence-electron chi connectivity index (χ4n) is 4.69. The van der Waals surface area contributed by atoms with Gasteiger partial charge < -0.3 is 59.4 Å². The van der Waals surface area contributed by atoms with E-state index in [0.29, 0.717) is 77.0 Å². The van der Waals surface area contributed by atoms with E-state index in [1.807, 2.05) is 0 Å². The number of carboxylic acids is 6. The van der Waals surface area contributed by atoms with E-state index in [9.17, 15) is 59.4 Å². The number of hydrogen-bond acceptors (Lipinski definition) is 12. The van der Waals surface area contributed by atoms with Crippen molar-refractivity contribution < 1.29 is 98.4 Å². The zero-order valence-corrected chi connectivity index (χ0v) is 23.8. The predicted molar refractivity (Wildman–Crippen MR) is 106 cm³/mol. The standard InChI is InChI=1S/3C8H12O4.2Rh/c3*9-7(10)5-1-2-6(4-3-5)8(11)12;;/h3*5-6H,1-4H2,(H,9,10)(H,11,12);;/q;;;2*+3/p-6/t3*5-,6-;;. The van der Waals surface area contributed by atoms with Crippen LogP contribution >= 0.6 is 0 Å². The number of rotatable bonds is 6. The molecule has 0 aromatic carbocycles. The Kier molecular flexibility index (Phi) is 19.3. The van der Waals surface area contributed by atoms with Crippen LogP contribution in [0.15, 0.2) is 0 Å². The van der Waals surface area contributed by atoms with E-state index in [0.717, 1.165) is 0 Å². The van der Waals surface area contributed by atoms with Crippen molar-refractivity contribution >= 4 is 35.8 Å². The van der Waals surface area contributed by atoms with Gasteiger partial charge in [-0.1, -0.05) is 0 Å². The van der Waals surface area contributed by atoms with Crippen LogP contribution in [0.3, 0.4) is 0 Å². The third-order valence-electron chi connectivity index (χ3n) is 7.18. The van der Waals surface area contributed by atoms with Gasteiger partial charge in [0.2, 0.25) is 0 Å². The molecule has 38 heavy (non-hydrogen) atoms. The molecule has 0 atom stereocenters. The van der Waals surface area contributed by atoms with Gasteiger partial charge in [-0.05, 0) is 113 Å². The van der Waals surface area contributed by atoms with Crippen molar-refractivity contribution in [3.8, 4) is 0 Å². The average molecular weight is 716 g/mol. The minimum atomic E-state index is -1.06. The van der Waals surface area contributed by atoms with Crippen LogP contribution in [-0.2, 0) is 67.7 Å². The zero-order valence-electron chi connectivity index (χ0n) is 20.5. The minimum Gasteiger partial charge on any atom is -0.550 e. The largest absolute Gasteiger partial charge is 3.00 e. The second-order valence-electron chi connectivity index (χ2n) is 9.56. The fraction of sp³-hybridized carbons (Fsp3) is 0.750. The number of carboxylic acid groups (broad SMARTS) is 6. The van der Waals surface area contributed by atoms with Crippen molar-refractivity contribution in [3.63, 3.8) is 0 Å². The van der Waals surface area contributed by atoms with Gasteiger partial charge in [0.15, 0.2) is 0 Å². The Labute approximate surface area is 246 Å².